The van der Waals surface area contributed by atoms with Gasteiger partial charge in [0.15, 0.2) is 6.04 Å². The monoisotopic (exact) mass is 454 g/mol. The van der Waals surface area contributed by atoms with Gasteiger partial charge < -0.3 is 25.2 Å². The number of carbonyl (C=O) groups is 3. The third-order valence-corrected chi connectivity index (χ3v) is 5.37. The summed E-state index contributed by atoms with van der Waals surface area (Å²) in [4.78, 5) is 36.2. The second kappa shape index (κ2) is 10.0. The van der Waals surface area contributed by atoms with Gasteiger partial charge in [0.1, 0.15) is 12.6 Å². The lowest BCUT2D eigenvalue weighted by atomic mass is 9.98. The van der Waals surface area contributed by atoms with E-state index >= 15 is 0 Å². The van der Waals surface area contributed by atoms with Crippen molar-refractivity contribution in [3.05, 3.63) is 59.7 Å². The van der Waals surface area contributed by atoms with Gasteiger partial charge in [-0.2, -0.15) is 0 Å². The standard InChI is InChI=1S/C25H30N2O6/c1-15(22(28)27-21(23(29)30)14-33-25(2,3)4)26-24(31)32-13-20-18-11-7-5-9-16(18)17-10-6-8-12-19(17)20/h5-12,15,20-21H,13-14H2,1-4H3,(H,26,31)(H,27,28)(H,29,30)/t15-,21+/m1/s1. The summed E-state index contributed by atoms with van der Waals surface area (Å²) in [7, 11) is 0. The zero-order valence-corrected chi connectivity index (χ0v) is 19.3. The van der Waals surface area contributed by atoms with E-state index in [1.165, 1.54) is 6.92 Å². The Bertz CT molecular complexity index is 984. The maximum atomic E-state index is 12.4. The van der Waals surface area contributed by atoms with E-state index in [2.05, 4.69) is 10.6 Å². The Morgan fingerprint density at radius 3 is 2.03 bits per heavy atom. The predicted octanol–water partition coefficient (Wildman–Crippen LogP) is 3.30. The number of rotatable bonds is 8. The van der Waals surface area contributed by atoms with E-state index in [4.69, 9.17) is 9.47 Å². The smallest absolute Gasteiger partial charge is 0.407 e. The number of nitrogens with one attached hydrogen (secondary N) is 2. The van der Waals surface area contributed by atoms with Crippen LogP contribution < -0.4 is 10.6 Å². The summed E-state index contributed by atoms with van der Waals surface area (Å²) in [5.74, 6) is -1.97. The molecule has 3 rings (SSSR count). The van der Waals surface area contributed by atoms with Gasteiger partial charge in [0.25, 0.3) is 0 Å². The van der Waals surface area contributed by atoms with E-state index in [0.717, 1.165) is 22.3 Å². The summed E-state index contributed by atoms with van der Waals surface area (Å²) in [5.41, 5.74) is 3.85. The van der Waals surface area contributed by atoms with Gasteiger partial charge in [0, 0.05) is 5.92 Å². The molecule has 1 aliphatic rings. The molecule has 0 unspecified atom stereocenters. The normalized spacial score (nSPS) is 14.5. The number of benzene rings is 2. The molecule has 8 nitrogen and oxygen atoms in total. The van der Waals surface area contributed by atoms with Gasteiger partial charge in [-0.25, -0.2) is 9.59 Å². The molecule has 0 saturated carbocycles. The highest BCUT2D eigenvalue weighted by molar-refractivity contribution is 5.89. The molecule has 0 aliphatic heterocycles. The first-order chi connectivity index (χ1) is 15.6. The van der Waals surface area contributed by atoms with E-state index in [0.29, 0.717) is 0 Å². The van der Waals surface area contributed by atoms with Crippen molar-refractivity contribution >= 4 is 18.0 Å². The molecule has 176 valence electrons. The molecule has 33 heavy (non-hydrogen) atoms. The summed E-state index contributed by atoms with van der Waals surface area (Å²) in [5, 5.41) is 14.2. The van der Waals surface area contributed by atoms with E-state index in [9.17, 15) is 19.5 Å². The van der Waals surface area contributed by atoms with Crippen molar-refractivity contribution in [1.82, 2.24) is 10.6 Å². The average molecular weight is 455 g/mol. The van der Waals surface area contributed by atoms with Crippen molar-refractivity contribution < 1.29 is 29.0 Å². The Morgan fingerprint density at radius 2 is 1.52 bits per heavy atom. The SMILES string of the molecule is C[C@@H](NC(=O)OCC1c2ccccc2-c2ccccc21)C(=O)N[C@@H](COC(C)(C)C)C(=O)O. The highest BCUT2D eigenvalue weighted by Crippen LogP contribution is 2.44. The lowest BCUT2D eigenvalue weighted by Gasteiger charge is -2.24. The third-order valence-electron chi connectivity index (χ3n) is 5.37. The number of fused-ring (bicyclic) bond motifs is 3. The second-order valence-corrected chi connectivity index (χ2v) is 9.01. The first kappa shape index (κ1) is 24.3. The van der Waals surface area contributed by atoms with Crippen LogP contribution in [-0.2, 0) is 19.1 Å². The molecular formula is C25H30N2O6. The van der Waals surface area contributed by atoms with Crippen molar-refractivity contribution in [1.29, 1.82) is 0 Å². The number of hydrogen-bond acceptors (Lipinski definition) is 5. The molecule has 2 atom stereocenters. The highest BCUT2D eigenvalue weighted by atomic mass is 16.5. The minimum absolute atomic E-state index is 0.0989. The summed E-state index contributed by atoms with van der Waals surface area (Å²) in [6.07, 6.45) is -0.752. The minimum atomic E-state index is -1.23. The van der Waals surface area contributed by atoms with Crippen LogP contribution in [0.3, 0.4) is 0 Å². The lowest BCUT2D eigenvalue weighted by molar-refractivity contribution is -0.145. The van der Waals surface area contributed by atoms with E-state index < -0.39 is 35.7 Å². The van der Waals surface area contributed by atoms with E-state index in [-0.39, 0.29) is 19.1 Å². The van der Waals surface area contributed by atoms with E-state index in [1.54, 1.807) is 20.8 Å². The van der Waals surface area contributed by atoms with Gasteiger partial charge in [0.2, 0.25) is 5.91 Å². The fourth-order valence-corrected chi connectivity index (χ4v) is 3.69. The van der Waals surface area contributed by atoms with Crippen LogP contribution in [-0.4, -0.2) is 54.0 Å². The zero-order valence-electron chi connectivity index (χ0n) is 19.3. The molecule has 0 saturated heterocycles. The molecule has 0 heterocycles. The van der Waals surface area contributed by atoms with Crippen LogP contribution >= 0.6 is 0 Å². The molecule has 1 aliphatic carbocycles. The summed E-state index contributed by atoms with van der Waals surface area (Å²) >= 11 is 0. The van der Waals surface area contributed by atoms with Gasteiger partial charge in [-0.15, -0.1) is 0 Å². The van der Waals surface area contributed by atoms with Crippen molar-refractivity contribution in [2.75, 3.05) is 13.2 Å². The van der Waals surface area contributed by atoms with Crippen LogP contribution in [0.15, 0.2) is 48.5 Å². The third kappa shape index (κ3) is 6.10. The number of alkyl carbamates (subject to hydrolysis) is 1. The van der Waals surface area contributed by atoms with Crippen LogP contribution in [0.2, 0.25) is 0 Å². The minimum Gasteiger partial charge on any atom is -0.480 e. The Kier molecular flexibility index (Phi) is 7.38. The van der Waals surface area contributed by atoms with Crippen molar-refractivity contribution in [2.24, 2.45) is 0 Å². The molecule has 2 aromatic rings. The Balaban J connectivity index is 1.55. The number of carbonyl (C=O) groups excluding carboxylic acids is 2. The lowest BCUT2D eigenvalue weighted by Crippen LogP contribution is -2.52. The van der Waals surface area contributed by atoms with Gasteiger partial charge in [-0.1, -0.05) is 48.5 Å². The van der Waals surface area contributed by atoms with Gasteiger partial charge in [0.05, 0.1) is 12.2 Å². The molecule has 0 radical (unpaired) electrons. The molecule has 0 bridgehead atoms. The molecular weight excluding hydrogens is 424 g/mol. The van der Waals surface area contributed by atoms with Gasteiger partial charge >= 0.3 is 12.1 Å². The molecule has 0 aromatic heterocycles. The van der Waals surface area contributed by atoms with Crippen LogP contribution in [0.1, 0.15) is 44.7 Å². The number of carboxylic acid groups (broad SMARTS) is 1. The maximum absolute atomic E-state index is 12.4. The topological polar surface area (TPSA) is 114 Å². The van der Waals surface area contributed by atoms with Crippen LogP contribution in [0.5, 0.6) is 0 Å². The predicted molar refractivity (Wildman–Crippen MR) is 123 cm³/mol. The van der Waals surface area contributed by atoms with Crippen LogP contribution in [0, 0.1) is 0 Å². The van der Waals surface area contributed by atoms with Crippen LogP contribution in [0.4, 0.5) is 4.79 Å². The number of ether oxygens (including phenoxy) is 2. The van der Waals surface area contributed by atoms with E-state index in [1.807, 2.05) is 48.5 Å². The Labute approximate surface area is 193 Å². The Morgan fingerprint density at radius 1 is 0.970 bits per heavy atom. The number of carboxylic acids is 1. The summed E-state index contributed by atoms with van der Waals surface area (Å²) < 4.78 is 10.9. The summed E-state index contributed by atoms with van der Waals surface area (Å²) in [6, 6.07) is 13.8. The van der Waals surface area contributed by atoms with Crippen molar-refractivity contribution in [2.45, 2.75) is 51.3 Å². The largest absolute Gasteiger partial charge is 0.480 e. The fourth-order valence-electron chi connectivity index (χ4n) is 3.69. The maximum Gasteiger partial charge on any atom is 0.407 e. The summed E-state index contributed by atoms with van der Waals surface area (Å²) in [6.45, 7) is 6.74. The fraction of sp³-hybridized carbons (Fsp3) is 0.400. The molecule has 3 N–H and O–H groups in total. The zero-order chi connectivity index (χ0) is 24.2. The van der Waals surface area contributed by atoms with Gasteiger partial charge in [-0.3, -0.25) is 4.79 Å². The molecule has 8 heteroatoms. The van der Waals surface area contributed by atoms with Crippen molar-refractivity contribution in [3.63, 3.8) is 0 Å². The first-order valence-electron chi connectivity index (χ1n) is 10.9. The van der Waals surface area contributed by atoms with Crippen molar-refractivity contribution in [3.8, 4) is 11.1 Å². The quantitative estimate of drug-likeness (QED) is 0.564. The molecule has 2 aromatic carbocycles. The van der Waals surface area contributed by atoms with Gasteiger partial charge in [-0.05, 0) is 49.9 Å². The first-order valence-corrected chi connectivity index (χ1v) is 10.9. The van der Waals surface area contributed by atoms with Crippen LogP contribution in [0.25, 0.3) is 11.1 Å². The molecule has 0 fully saturated rings. The Hall–Kier alpha value is -3.39. The number of hydrogen-bond donors (Lipinski definition) is 3. The number of aliphatic carboxylic acids is 1. The highest BCUT2D eigenvalue weighted by Gasteiger charge is 2.30. The average Bonchev–Trinajstić information content (AvgIpc) is 3.08. The number of amides is 2. The molecule has 2 amide bonds. The molecule has 0 spiro atoms. The second-order valence-electron chi connectivity index (χ2n) is 9.01.